The summed E-state index contributed by atoms with van der Waals surface area (Å²) in [6, 6.07) is 9.72. The predicted molar refractivity (Wildman–Crippen MR) is 55.7 cm³/mol. The zero-order valence-corrected chi connectivity index (χ0v) is 8.22. The number of nitrogens with zero attached hydrogens (tertiary/aromatic N) is 1. The minimum Gasteiger partial charge on any atom is -0.346 e. The van der Waals surface area contributed by atoms with Crippen LogP contribution >= 0.6 is 0 Å². The molecule has 3 heteroatoms. The first kappa shape index (κ1) is 9.91. The lowest BCUT2D eigenvalue weighted by Gasteiger charge is -2.11. The monoisotopic (exact) mass is 201 g/mol. The van der Waals surface area contributed by atoms with E-state index in [1.807, 2.05) is 30.3 Å². The molecule has 0 aromatic heterocycles. The third-order valence-electron chi connectivity index (χ3n) is 2.21. The first-order chi connectivity index (χ1) is 7.42. The van der Waals surface area contributed by atoms with Crippen LogP contribution in [0.4, 0.5) is 0 Å². The van der Waals surface area contributed by atoms with Crippen LogP contribution in [0, 0.1) is 11.3 Å². The molecule has 3 nitrogen and oxygen atoms in total. The van der Waals surface area contributed by atoms with Crippen molar-refractivity contribution in [3.8, 4) is 6.07 Å². The highest BCUT2D eigenvalue weighted by Crippen LogP contribution is 2.26. The molecule has 0 spiro atoms. The molecule has 0 N–H and O–H groups in total. The summed E-state index contributed by atoms with van der Waals surface area (Å²) in [6.45, 7) is 1.25. The molecular formula is C12H11NO2. The third-order valence-corrected chi connectivity index (χ3v) is 2.21. The topological polar surface area (TPSA) is 42.2 Å². The highest BCUT2D eigenvalue weighted by atomic mass is 16.7. The van der Waals surface area contributed by atoms with Crippen LogP contribution in [0.3, 0.4) is 0 Å². The molecule has 0 amide bonds. The minimum absolute atomic E-state index is 0.287. The SMILES string of the molecule is N#C/C=C/c1ccccc1C1OCCO1. The Labute approximate surface area is 88.5 Å². The van der Waals surface area contributed by atoms with E-state index in [9.17, 15) is 0 Å². The predicted octanol–water partition coefficient (Wildman–Crippen LogP) is 2.27. The van der Waals surface area contributed by atoms with E-state index >= 15 is 0 Å². The first-order valence-electron chi connectivity index (χ1n) is 4.80. The van der Waals surface area contributed by atoms with Crippen molar-refractivity contribution >= 4 is 6.08 Å². The smallest absolute Gasteiger partial charge is 0.184 e. The van der Waals surface area contributed by atoms with Crippen molar-refractivity contribution in [3.63, 3.8) is 0 Å². The highest BCUT2D eigenvalue weighted by molar-refractivity contribution is 5.56. The van der Waals surface area contributed by atoms with Crippen LogP contribution in [0.15, 0.2) is 30.3 Å². The lowest BCUT2D eigenvalue weighted by Crippen LogP contribution is -2.00. The fourth-order valence-corrected chi connectivity index (χ4v) is 1.54. The van der Waals surface area contributed by atoms with E-state index in [-0.39, 0.29) is 6.29 Å². The maximum atomic E-state index is 8.48. The number of nitriles is 1. The van der Waals surface area contributed by atoms with Crippen molar-refractivity contribution in [1.29, 1.82) is 5.26 Å². The maximum absolute atomic E-state index is 8.48. The molecule has 1 saturated heterocycles. The van der Waals surface area contributed by atoms with Crippen LogP contribution in [-0.4, -0.2) is 13.2 Å². The molecule has 0 bridgehead atoms. The van der Waals surface area contributed by atoms with Crippen molar-refractivity contribution in [3.05, 3.63) is 41.5 Å². The van der Waals surface area contributed by atoms with Gasteiger partial charge in [0, 0.05) is 11.6 Å². The molecule has 0 aliphatic carbocycles. The Kier molecular flexibility index (Phi) is 3.13. The highest BCUT2D eigenvalue weighted by Gasteiger charge is 2.19. The van der Waals surface area contributed by atoms with Crippen LogP contribution in [-0.2, 0) is 9.47 Å². The van der Waals surface area contributed by atoms with Crippen LogP contribution in [0.2, 0.25) is 0 Å². The van der Waals surface area contributed by atoms with Gasteiger partial charge in [0.15, 0.2) is 6.29 Å². The van der Waals surface area contributed by atoms with Crippen LogP contribution < -0.4 is 0 Å². The fourth-order valence-electron chi connectivity index (χ4n) is 1.54. The number of hydrogen-bond donors (Lipinski definition) is 0. The van der Waals surface area contributed by atoms with E-state index in [4.69, 9.17) is 14.7 Å². The van der Waals surface area contributed by atoms with E-state index < -0.39 is 0 Å². The Morgan fingerprint density at radius 2 is 2.00 bits per heavy atom. The summed E-state index contributed by atoms with van der Waals surface area (Å²) in [7, 11) is 0. The van der Waals surface area contributed by atoms with Gasteiger partial charge < -0.3 is 9.47 Å². The molecule has 0 saturated carbocycles. The molecule has 1 aliphatic rings. The lowest BCUT2D eigenvalue weighted by molar-refractivity contribution is -0.0442. The van der Waals surface area contributed by atoms with Crippen molar-refractivity contribution in [2.45, 2.75) is 6.29 Å². The molecule has 1 heterocycles. The van der Waals surface area contributed by atoms with E-state index in [1.165, 1.54) is 6.08 Å². The fraction of sp³-hybridized carbons (Fsp3) is 0.250. The average molecular weight is 201 g/mol. The van der Waals surface area contributed by atoms with Gasteiger partial charge >= 0.3 is 0 Å². The van der Waals surface area contributed by atoms with E-state index in [0.717, 1.165) is 11.1 Å². The zero-order chi connectivity index (χ0) is 10.5. The molecule has 76 valence electrons. The normalized spacial score (nSPS) is 17.0. The maximum Gasteiger partial charge on any atom is 0.184 e. The quantitative estimate of drug-likeness (QED) is 0.689. The summed E-state index contributed by atoms with van der Waals surface area (Å²) >= 11 is 0. The molecule has 1 aromatic carbocycles. The number of rotatable bonds is 2. The summed E-state index contributed by atoms with van der Waals surface area (Å²) in [6.07, 6.45) is 2.93. The Bertz CT molecular complexity index is 400. The Hall–Kier alpha value is -1.63. The van der Waals surface area contributed by atoms with Gasteiger partial charge in [0.2, 0.25) is 0 Å². The molecule has 15 heavy (non-hydrogen) atoms. The van der Waals surface area contributed by atoms with Crippen LogP contribution in [0.25, 0.3) is 6.08 Å². The van der Waals surface area contributed by atoms with E-state index in [0.29, 0.717) is 13.2 Å². The first-order valence-corrected chi connectivity index (χ1v) is 4.80. The van der Waals surface area contributed by atoms with Gasteiger partial charge in [0.25, 0.3) is 0 Å². The number of benzene rings is 1. The second kappa shape index (κ2) is 4.74. The summed E-state index contributed by atoms with van der Waals surface area (Å²) in [5, 5.41) is 8.48. The van der Waals surface area contributed by atoms with Gasteiger partial charge in [-0.3, -0.25) is 0 Å². The number of allylic oxidation sites excluding steroid dienone is 1. The molecule has 1 aromatic rings. The lowest BCUT2D eigenvalue weighted by atomic mass is 10.1. The van der Waals surface area contributed by atoms with E-state index in [1.54, 1.807) is 6.08 Å². The van der Waals surface area contributed by atoms with Crippen LogP contribution in [0.1, 0.15) is 17.4 Å². The van der Waals surface area contributed by atoms with Crippen molar-refractivity contribution < 1.29 is 9.47 Å². The van der Waals surface area contributed by atoms with Crippen molar-refractivity contribution in [2.24, 2.45) is 0 Å². The van der Waals surface area contributed by atoms with E-state index in [2.05, 4.69) is 0 Å². The largest absolute Gasteiger partial charge is 0.346 e. The minimum atomic E-state index is -0.287. The summed E-state index contributed by atoms with van der Waals surface area (Å²) in [5.41, 5.74) is 1.94. The zero-order valence-electron chi connectivity index (χ0n) is 8.22. The van der Waals surface area contributed by atoms with Crippen LogP contribution in [0.5, 0.6) is 0 Å². The molecule has 1 aliphatic heterocycles. The Balaban J connectivity index is 2.29. The van der Waals surface area contributed by atoms with Crippen molar-refractivity contribution in [1.82, 2.24) is 0 Å². The summed E-state index contributed by atoms with van der Waals surface area (Å²) in [4.78, 5) is 0. The second-order valence-corrected chi connectivity index (χ2v) is 3.16. The second-order valence-electron chi connectivity index (χ2n) is 3.16. The third kappa shape index (κ3) is 2.24. The van der Waals surface area contributed by atoms with Gasteiger partial charge in [-0.25, -0.2) is 0 Å². The molecule has 0 unspecified atom stereocenters. The molecule has 0 radical (unpaired) electrons. The summed E-state index contributed by atoms with van der Waals surface area (Å²) in [5.74, 6) is 0. The van der Waals surface area contributed by atoms with Gasteiger partial charge in [-0.1, -0.05) is 24.3 Å². The van der Waals surface area contributed by atoms with Gasteiger partial charge in [-0.15, -0.1) is 0 Å². The van der Waals surface area contributed by atoms with Gasteiger partial charge in [-0.2, -0.15) is 5.26 Å². The molecule has 1 fully saturated rings. The van der Waals surface area contributed by atoms with Crippen molar-refractivity contribution in [2.75, 3.05) is 13.2 Å². The van der Waals surface area contributed by atoms with Gasteiger partial charge in [0.1, 0.15) is 0 Å². The summed E-state index contributed by atoms with van der Waals surface area (Å²) < 4.78 is 10.8. The average Bonchev–Trinajstić information content (AvgIpc) is 2.80. The molecule has 2 rings (SSSR count). The number of ether oxygens (including phenoxy) is 2. The Morgan fingerprint density at radius 1 is 1.27 bits per heavy atom. The standard InChI is InChI=1S/C12H11NO2/c13-7-3-5-10-4-1-2-6-11(10)12-14-8-9-15-12/h1-6,12H,8-9H2/b5-3+. The number of hydrogen-bond acceptors (Lipinski definition) is 3. The molecule has 0 atom stereocenters. The van der Waals surface area contributed by atoms with Gasteiger partial charge in [0.05, 0.1) is 19.3 Å². The van der Waals surface area contributed by atoms with Gasteiger partial charge in [-0.05, 0) is 11.6 Å². The Morgan fingerprint density at radius 3 is 2.73 bits per heavy atom. The molecular weight excluding hydrogens is 190 g/mol.